The molecule has 1 fully saturated rings. The molecule has 0 spiro atoms. The predicted molar refractivity (Wildman–Crippen MR) is 88.5 cm³/mol. The number of hydrogen-bond acceptors (Lipinski definition) is 3. The largest absolute Gasteiger partial charge is 0.409 e. The van der Waals surface area contributed by atoms with Crippen LogP contribution in [0.15, 0.2) is 0 Å². The van der Waals surface area contributed by atoms with Crippen LogP contribution in [0.5, 0.6) is 0 Å². The van der Waals surface area contributed by atoms with Gasteiger partial charge in [-0.15, -0.1) is 0 Å². The van der Waals surface area contributed by atoms with Gasteiger partial charge in [0.2, 0.25) is 0 Å². The monoisotopic (exact) mass is 319 g/mol. The molecular formula is C16H34NO3P. The summed E-state index contributed by atoms with van der Waals surface area (Å²) < 4.78 is 27.5. The first-order chi connectivity index (χ1) is 9.47. The Kier molecular flexibility index (Phi) is 6.50. The van der Waals surface area contributed by atoms with Crippen molar-refractivity contribution in [1.29, 1.82) is 0 Å². The van der Waals surface area contributed by atoms with Gasteiger partial charge in [0.05, 0.1) is 11.2 Å². The van der Waals surface area contributed by atoms with Gasteiger partial charge in [0.25, 0.3) is 0 Å². The summed E-state index contributed by atoms with van der Waals surface area (Å²) >= 11 is 0. The molecule has 0 aromatic heterocycles. The molecule has 0 radical (unpaired) electrons. The Morgan fingerprint density at radius 1 is 0.952 bits per heavy atom. The Morgan fingerprint density at radius 3 is 1.71 bits per heavy atom. The van der Waals surface area contributed by atoms with E-state index in [2.05, 4.69) is 0 Å². The Bertz CT molecular complexity index is 345. The smallest absolute Gasteiger partial charge is 0.291 e. The van der Waals surface area contributed by atoms with E-state index >= 15 is 0 Å². The lowest BCUT2D eigenvalue weighted by Crippen LogP contribution is -2.39. The van der Waals surface area contributed by atoms with Crippen molar-refractivity contribution in [2.75, 3.05) is 6.54 Å². The van der Waals surface area contributed by atoms with Gasteiger partial charge < -0.3 is 0 Å². The lowest BCUT2D eigenvalue weighted by Gasteiger charge is -2.42. The van der Waals surface area contributed by atoms with Gasteiger partial charge in [0, 0.05) is 12.6 Å². The molecule has 0 saturated heterocycles. The number of rotatable bonds is 5. The predicted octanol–water partition coefficient (Wildman–Crippen LogP) is 5.38. The standard InChI is InChI=1S/C16H34NO3P/c1-8-17(14-12-10-9-11-13-14)21(18,19-15(2,3)4)20-16(5,6)7/h14H,8-13H2,1-7H3. The lowest BCUT2D eigenvalue weighted by atomic mass is 9.95. The Labute approximate surface area is 131 Å². The fourth-order valence-electron chi connectivity index (χ4n) is 2.83. The highest BCUT2D eigenvalue weighted by Crippen LogP contribution is 2.59. The van der Waals surface area contributed by atoms with Crippen LogP contribution in [0.1, 0.15) is 80.6 Å². The van der Waals surface area contributed by atoms with E-state index in [0.29, 0.717) is 12.6 Å². The van der Waals surface area contributed by atoms with Crippen molar-refractivity contribution >= 4 is 7.75 Å². The average Bonchev–Trinajstić information content (AvgIpc) is 2.25. The van der Waals surface area contributed by atoms with Crippen LogP contribution in [0.2, 0.25) is 0 Å². The molecule has 1 saturated carbocycles. The highest BCUT2D eigenvalue weighted by molar-refractivity contribution is 7.51. The van der Waals surface area contributed by atoms with Crippen LogP contribution in [-0.4, -0.2) is 28.5 Å². The molecular weight excluding hydrogens is 285 g/mol. The van der Waals surface area contributed by atoms with E-state index in [1.54, 1.807) is 0 Å². The molecule has 126 valence electrons. The van der Waals surface area contributed by atoms with Crippen LogP contribution in [-0.2, 0) is 13.6 Å². The summed E-state index contributed by atoms with van der Waals surface area (Å²) in [6, 6.07) is 0.305. The van der Waals surface area contributed by atoms with Crippen molar-refractivity contribution in [3.05, 3.63) is 0 Å². The van der Waals surface area contributed by atoms with Gasteiger partial charge in [-0.1, -0.05) is 26.2 Å². The first-order valence-electron chi connectivity index (χ1n) is 8.25. The highest BCUT2D eigenvalue weighted by atomic mass is 31.2. The first kappa shape index (κ1) is 19.2. The van der Waals surface area contributed by atoms with Crippen LogP contribution in [0, 0.1) is 0 Å². The first-order valence-corrected chi connectivity index (χ1v) is 9.75. The van der Waals surface area contributed by atoms with Gasteiger partial charge in [0.1, 0.15) is 0 Å². The second-order valence-corrected chi connectivity index (χ2v) is 9.74. The van der Waals surface area contributed by atoms with Gasteiger partial charge in [-0.3, -0.25) is 9.05 Å². The fourth-order valence-corrected chi connectivity index (χ4v) is 5.43. The van der Waals surface area contributed by atoms with E-state index < -0.39 is 18.9 Å². The second kappa shape index (κ2) is 7.12. The zero-order valence-electron chi connectivity index (χ0n) is 14.9. The Morgan fingerprint density at radius 2 is 1.38 bits per heavy atom. The molecule has 0 amide bonds. The van der Waals surface area contributed by atoms with E-state index in [9.17, 15) is 4.57 Å². The zero-order valence-corrected chi connectivity index (χ0v) is 15.8. The van der Waals surface area contributed by atoms with Crippen LogP contribution in [0.25, 0.3) is 0 Å². The van der Waals surface area contributed by atoms with Crippen LogP contribution in [0.3, 0.4) is 0 Å². The maximum absolute atomic E-state index is 13.6. The number of nitrogens with zero attached hydrogens (tertiary/aromatic N) is 1. The minimum atomic E-state index is -3.31. The molecule has 0 unspecified atom stereocenters. The van der Waals surface area contributed by atoms with Gasteiger partial charge in [0.15, 0.2) is 0 Å². The van der Waals surface area contributed by atoms with Crippen molar-refractivity contribution in [1.82, 2.24) is 4.67 Å². The molecule has 1 aliphatic rings. The van der Waals surface area contributed by atoms with E-state index in [1.807, 2.05) is 53.1 Å². The average molecular weight is 319 g/mol. The van der Waals surface area contributed by atoms with Crippen molar-refractivity contribution in [2.24, 2.45) is 0 Å². The number of hydrogen-bond donors (Lipinski definition) is 0. The molecule has 5 heteroatoms. The topological polar surface area (TPSA) is 38.8 Å². The van der Waals surface area contributed by atoms with Gasteiger partial charge in [-0.25, -0.2) is 9.24 Å². The SMILES string of the molecule is CCN(C1CCCCC1)P(=O)(OC(C)(C)C)OC(C)(C)C. The molecule has 4 nitrogen and oxygen atoms in total. The second-order valence-electron chi connectivity index (χ2n) is 7.92. The van der Waals surface area contributed by atoms with Crippen molar-refractivity contribution in [2.45, 2.75) is 97.8 Å². The van der Waals surface area contributed by atoms with Crippen LogP contribution < -0.4 is 0 Å². The summed E-state index contributed by atoms with van der Waals surface area (Å²) in [4.78, 5) is 0. The third-order valence-electron chi connectivity index (χ3n) is 3.41. The minimum Gasteiger partial charge on any atom is -0.291 e. The zero-order chi connectivity index (χ0) is 16.3. The summed E-state index contributed by atoms with van der Waals surface area (Å²) in [5, 5.41) is 0. The van der Waals surface area contributed by atoms with Crippen LogP contribution >= 0.6 is 7.75 Å². The summed E-state index contributed by atoms with van der Waals surface area (Å²) in [6.07, 6.45) is 5.84. The molecule has 0 aromatic carbocycles. The molecule has 0 aliphatic heterocycles. The summed E-state index contributed by atoms with van der Waals surface area (Å²) in [7, 11) is -3.31. The molecule has 0 atom stereocenters. The van der Waals surface area contributed by atoms with Crippen molar-refractivity contribution in [3.63, 3.8) is 0 Å². The molecule has 0 aromatic rings. The summed E-state index contributed by atoms with van der Waals surface area (Å²) in [5.41, 5.74) is -0.994. The Balaban J connectivity index is 3.04. The maximum Gasteiger partial charge on any atom is 0.409 e. The van der Waals surface area contributed by atoms with E-state index in [0.717, 1.165) is 12.8 Å². The Hall–Kier alpha value is 0.110. The van der Waals surface area contributed by atoms with Gasteiger partial charge in [-0.05, 0) is 54.4 Å². The summed E-state index contributed by atoms with van der Waals surface area (Å²) in [6.45, 7) is 14.3. The third kappa shape index (κ3) is 6.40. The quantitative estimate of drug-likeness (QED) is 0.638. The van der Waals surface area contributed by atoms with E-state index in [-0.39, 0.29) is 0 Å². The highest BCUT2D eigenvalue weighted by Gasteiger charge is 2.43. The lowest BCUT2D eigenvalue weighted by molar-refractivity contribution is 0.0174. The summed E-state index contributed by atoms with van der Waals surface area (Å²) in [5.74, 6) is 0. The minimum absolute atomic E-state index is 0.305. The molecule has 0 heterocycles. The van der Waals surface area contributed by atoms with Crippen molar-refractivity contribution < 1.29 is 13.6 Å². The molecule has 21 heavy (non-hydrogen) atoms. The maximum atomic E-state index is 13.6. The van der Waals surface area contributed by atoms with E-state index in [4.69, 9.17) is 9.05 Å². The molecule has 0 N–H and O–H groups in total. The third-order valence-corrected chi connectivity index (χ3v) is 6.21. The van der Waals surface area contributed by atoms with Crippen molar-refractivity contribution in [3.8, 4) is 0 Å². The van der Waals surface area contributed by atoms with Crippen LogP contribution in [0.4, 0.5) is 0 Å². The normalized spacial score (nSPS) is 19.2. The molecule has 1 aliphatic carbocycles. The molecule has 1 rings (SSSR count). The van der Waals surface area contributed by atoms with Gasteiger partial charge in [-0.2, -0.15) is 0 Å². The fraction of sp³-hybridized carbons (Fsp3) is 1.00. The molecule has 0 bridgehead atoms. The van der Waals surface area contributed by atoms with E-state index in [1.165, 1.54) is 19.3 Å². The van der Waals surface area contributed by atoms with Gasteiger partial charge >= 0.3 is 7.75 Å².